The maximum Gasteiger partial charge on any atom is 0.251 e. The average Bonchev–Trinajstić information content (AvgIpc) is 2.75. The number of halogens is 2. The van der Waals surface area contributed by atoms with E-state index in [0.29, 0.717) is 12.5 Å². The lowest BCUT2D eigenvalue weighted by molar-refractivity contribution is 0.0928. The van der Waals surface area contributed by atoms with E-state index in [1.54, 1.807) is 6.20 Å². The minimum Gasteiger partial charge on any atom is -0.490 e. The van der Waals surface area contributed by atoms with E-state index in [0.717, 1.165) is 54.5 Å². The third kappa shape index (κ3) is 4.53. The van der Waals surface area contributed by atoms with Gasteiger partial charge in [-0.25, -0.2) is 8.78 Å². The first kappa shape index (κ1) is 19.3. The Bertz CT molecular complexity index is 1010. The van der Waals surface area contributed by atoms with E-state index >= 15 is 0 Å². The standard InChI is InChI=1S/C23H22F2N2O2/c24-19-10-7-16(13-20(19)25)23(28)27-14-15-5-8-17(9-6-15)29-22-11-12-26-21-4-2-1-3-18(21)22/h1-4,7,10-13,15,17H,5-6,8-9,14H2,(H,27,28). The Labute approximate surface area is 167 Å². The van der Waals surface area contributed by atoms with Gasteiger partial charge in [0.1, 0.15) is 5.75 Å². The van der Waals surface area contributed by atoms with Crippen LogP contribution in [0.1, 0.15) is 36.0 Å². The van der Waals surface area contributed by atoms with E-state index in [9.17, 15) is 13.6 Å². The average molecular weight is 396 g/mol. The molecule has 1 aromatic heterocycles. The van der Waals surface area contributed by atoms with Crippen LogP contribution in [0.3, 0.4) is 0 Å². The van der Waals surface area contributed by atoms with Gasteiger partial charge in [-0.05, 0) is 68.0 Å². The van der Waals surface area contributed by atoms with Gasteiger partial charge in [0.25, 0.3) is 5.91 Å². The third-order valence-corrected chi connectivity index (χ3v) is 5.43. The Kier molecular flexibility index (Phi) is 5.69. The maximum absolute atomic E-state index is 13.3. The van der Waals surface area contributed by atoms with Crippen molar-refractivity contribution in [2.24, 2.45) is 5.92 Å². The largest absolute Gasteiger partial charge is 0.490 e. The molecular formula is C23H22F2N2O2. The zero-order valence-corrected chi connectivity index (χ0v) is 15.9. The number of aromatic nitrogens is 1. The summed E-state index contributed by atoms with van der Waals surface area (Å²) in [5.74, 6) is -1.16. The molecule has 1 N–H and O–H groups in total. The molecule has 0 bridgehead atoms. The first-order valence-electron chi connectivity index (χ1n) is 9.84. The molecule has 0 aliphatic heterocycles. The Morgan fingerprint density at radius 1 is 1.03 bits per heavy atom. The van der Waals surface area contributed by atoms with Crippen molar-refractivity contribution in [1.29, 1.82) is 0 Å². The number of amides is 1. The van der Waals surface area contributed by atoms with Gasteiger partial charge in [0.15, 0.2) is 11.6 Å². The molecule has 0 saturated heterocycles. The molecule has 1 aliphatic carbocycles. The lowest BCUT2D eigenvalue weighted by Gasteiger charge is -2.29. The number of ether oxygens (including phenoxy) is 1. The van der Waals surface area contributed by atoms with Crippen molar-refractivity contribution in [1.82, 2.24) is 10.3 Å². The van der Waals surface area contributed by atoms with Gasteiger partial charge in [-0.3, -0.25) is 9.78 Å². The van der Waals surface area contributed by atoms with Gasteiger partial charge in [0.2, 0.25) is 0 Å². The van der Waals surface area contributed by atoms with Crippen LogP contribution in [0, 0.1) is 17.6 Å². The van der Waals surface area contributed by atoms with Crippen LogP contribution in [0.25, 0.3) is 10.9 Å². The summed E-state index contributed by atoms with van der Waals surface area (Å²) in [6, 6.07) is 13.0. The fraction of sp³-hybridized carbons (Fsp3) is 0.304. The molecule has 1 aliphatic rings. The summed E-state index contributed by atoms with van der Waals surface area (Å²) in [6.07, 6.45) is 5.58. The van der Waals surface area contributed by atoms with E-state index in [-0.39, 0.29) is 17.6 Å². The molecule has 0 spiro atoms. The number of carbonyl (C=O) groups is 1. The summed E-state index contributed by atoms with van der Waals surface area (Å²) < 4.78 is 32.5. The lowest BCUT2D eigenvalue weighted by atomic mass is 9.87. The first-order chi connectivity index (χ1) is 14.1. The predicted octanol–water partition coefficient (Wildman–Crippen LogP) is 4.88. The summed E-state index contributed by atoms with van der Waals surface area (Å²) in [6.45, 7) is 0.517. The van der Waals surface area contributed by atoms with Crippen molar-refractivity contribution in [3.05, 3.63) is 71.9 Å². The molecule has 3 aromatic rings. The van der Waals surface area contributed by atoms with Crippen molar-refractivity contribution in [3.63, 3.8) is 0 Å². The number of nitrogens with zero attached hydrogens (tertiary/aromatic N) is 1. The summed E-state index contributed by atoms with van der Waals surface area (Å²) >= 11 is 0. The highest BCUT2D eigenvalue weighted by Gasteiger charge is 2.23. The lowest BCUT2D eigenvalue weighted by Crippen LogP contribution is -2.33. The van der Waals surface area contributed by atoms with Crippen LogP contribution < -0.4 is 10.1 Å². The number of fused-ring (bicyclic) bond motifs is 1. The molecule has 0 radical (unpaired) electrons. The van der Waals surface area contributed by atoms with E-state index in [4.69, 9.17) is 4.74 Å². The van der Waals surface area contributed by atoms with Crippen LogP contribution in [0.2, 0.25) is 0 Å². The topological polar surface area (TPSA) is 51.2 Å². The maximum atomic E-state index is 13.3. The number of carbonyl (C=O) groups excluding carboxylic acids is 1. The normalized spacial score (nSPS) is 19.1. The molecule has 1 heterocycles. The van der Waals surface area contributed by atoms with Gasteiger partial charge in [-0.1, -0.05) is 12.1 Å². The number of hydrogen-bond donors (Lipinski definition) is 1. The van der Waals surface area contributed by atoms with Crippen molar-refractivity contribution in [3.8, 4) is 5.75 Å². The summed E-state index contributed by atoms with van der Waals surface area (Å²) in [7, 11) is 0. The number of para-hydroxylation sites is 1. The third-order valence-electron chi connectivity index (χ3n) is 5.43. The SMILES string of the molecule is O=C(NCC1CCC(Oc2ccnc3ccccc23)CC1)c1ccc(F)c(F)c1. The van der Waals surface area contributed by atoms with Crippen LogP contribution in [-0.4, -0.2) is 23.5 Å². The smallest absolute Gasteiger partial charge is 0.251 e. The number of rotatable bonds is 5. The van der Waals surface area contributed by atoms with E-state index < -0.39 is 11.6 Å². The van der Waals surface area contributed by atoms with E-state index in [1.807, 2.05) is 30.3 Å². The first-order valence-corrected chi connectivity index (χ1v) is 9.84. The molecule has 1 amide bonds. The summed E-state index contributed by atoms with van der Waals surface area (Å²) in [5, 5.41) is 3.84. The van der Waals surface area contributed by atoms with E-state index in [2.05, 4.69) is 10.3 Å². The van der Waals surface area contributed by atoms with Crippen LogP contribution in [0.15, 0.2) is 54.7 Å². The molecule has 4 nitrogen and oxygen atoms in total. The minimum atomic E-state index is -1.01. The van der Waals surface area contributed by atoms with Gasteiger partial charge in [-0.2, -0.15) is 0 Å². The molecule has 150 valence electrons. The minimum absolute atomic E-state index is 0.130. The second kappa shape index (κ2) is 8.55. The second-order valence-corrected chi connectivity index (χ2v) is 7.43. The fourth-order valence-corrected chi connectivity index (χ4v) is 3.78. The zero-order chi connectivity index (χ0) is 20.2. The Morgan fingerprint density at radius 3 is 2.62 bits per heavy atom. The molecule has 4 rings (SSSR count). The van der Waals surface area contributed by atoms with E-state index in [1.165, 1.54) is 6.07 Å². The van der Waals surface area contributed by atoms with Gasteiger partial charge < -0.3 is 10.1 Å². The highest BCUT2D eigenvalue weighted by molar-refractivity contribution is 5.94. The van der Waals surface area contributed by atoms with Gasteiger partial charge >= 0.3 is 0 Å². The highest BCUT2D eigenvalue weighted by atomic mass is 19.2. The quantitative estimate of drug-likeness (QED) is 0.669. The number of benzene rings is 2. The van der Waals surface area contributed by atoms with Crippen LogP contribution in [-0.2, 0) is 0 Å². The summed E-state index contributed by atoms with van der Waals surface area (Å²) in [5.41, 5.74) is 1.05. The molecule has 1 fully saturated rings. The number of pyridine rings is 1. The van der Waals surface area contributed by atoms with Crippen molar-refractivity contribution in [2.75, 3.05) is 6.54 Å². The second-order valence-electron chi connectivity index (χ2n) is 7.43. The van der Waals surface area contributed by atoms with Gasteiger partial charge in [0, 0.05) is 23.7 Å². The molecular weight excluding hydrogens is 374 g/mol. The van der Waals surface area contributed by atoms with Crippen LogP contribution in [0.4, 0.5) is 8.78 Å². The Morgan fingerprint density at radius 2 is 1.83 bits per heavy atom. The molecule has 0 unspecified atom stereocenters. The summed E-state index contributed by atoms with van der Waals surface area (Å²) in [4.78, 5) is 16.5. The monoisotopic (exact) mass is 396 g/mol. The molecule has 2 aromatic carbocycles. The Hall–Kier alpha value is -3.02. The zero-order valence-electron chi connectivity index (χ0n) is 15.9. The van der Waals surface area contributed by atoms with Crippen molar-refractivity contribution in [2.45, 2.75) is 31.8 Å². The number of hydrogen-bond acceptors (Lipinski definition) is 3. The van der Waals surface area contributed by atoms with Crippen molar-refractivity contribution >= 4 is 16.8 Å². The van der Waals surface area contributed by atoms with Crippen LogP contribution >= 0.6 is 0 Å². The van der Waals surface area contributed by atoms with Gasteiger partial charge in [0.05, 0.1) is 11.6 Å². The molecule has 0 atom stereocenters. The van der Waals surface area contributed by atoms with Gasteiger partial charge in [-0.15, -0.1) is 0 Å². The molecule has 1 saturated carbocycles. The molecule has 29 heavy (non-hydrogen) atoms. The molecule has 6 heteroatoms. The van der Waals surface area contributed by atoms with Crippen molar-refractivity contribution < 1.29 is 18.3 Å². The fourth-order valence-electron chi connectivity index (χ4n) is 3.78. The number of nitrogens with one attached hydrogen (secondary N) is 1. The van der Waals surface area contributed by atoms with Crippen LogP contribution in [0.5, 0.6) is 5.75 Å². The Balaban J connectivity index is 1.28. The highest BCUT2D eigenvalue weighted by Crippen LogP contribution is 2.30. The predicted molar refractivity (Wildman–Crippen MR) is 107 cm³/mol.